The topological polar surface area (TPSA) is 125 Å². The van der Waals surface area contributed by atoms with Crippen LogP contribution in [-0.2, 0) is 14.4 Å². The molecule has 0 unspecified atom stereocenters. The number of aromatic hydroxyl groups is 1. The molecule has 176 valence electrons. The number of carbonyl (C=O) groups excluding carboxylic acids is 4. The molecule has 9 nitrogen and oxygen atoms in total. The van der Waals surface area contributed by atoms with E-state index < -0.39 is 36.2 Å². The average molecular weight is 475 g/mol. The molecule has 0 saturated carbocycles. The number of nitrogens with zero attached hydrogens (tertiary/aromatic N) is 1. The lowest BCUT2D eigenvalue weighted by Gasteiger charge is -2.26. The minimum absolute atomic E-state index is 0.0556. The lowest BCUT2D eigenvalue weighted by Crippen LogP contribution is -2.54. The molecule has 0 bridgehead atoms. The van der Waals surface area contributed by atoms with Crippen LogP contribution in [0.3, 0.4) is 0 Å². The van der Waals surface area contributed by atoms with Gasteiger partial charge in [0.1, 0.15) is 22.9 Å². The van der Waals surface area contributed by atoms with Crippen molar-refractivity contribution >= 4 is 41.2 Å². The van der Waals surface area contributed by atoms with Gasteiger partial charge in [-0.25, -0.2) is 14.1 Å². The number of benzene rings is 3. The predicted molar refractivity (Wildman–Crippen MR) is 124 cm³/mol. The highest BCUT2D eigenvalue weighted by atomic mass is 19.1. The Kier molecular flexibility index (Phi) is 6.54. The number of urea groups is 1. The van der Waals surface area contributed by atoms with E-state index in [2.05, 4.69) is 10.6 Å². The van der Waals surface area contributed by atoms with Crippen LogP contribution in [-0.4, -0.2) is 35.5 Å². The maximum Gasteiger partial charge on any atom is 0.335 e. The van der Waals surface area contributed by atoms with Crippen molar-refractivity contribution in [2.75, 3.05) is 16.8 Å². The molecule has 1 aliphatic heterocycles. The Bertz CT molecular complexity index is 1340. The van der Waals surface area contributed by atoms with Gasteiger partial charge in [-0.2, -0.15) is 0 Å². The van der Waals surface area contributed by atoms with Crippen molar-refractivity contribution in [3.8, 4) is 11.5 Å². The van der Waals surface area contributed by atoms with E-state index >= 15 is 0 Å². The van der Waals surface area contributed by atoms with Crippen LogP contribution in [0.1, 0.15) is 5.56 Å². The SMILES string of the molecule is O=C(COc1ccccc1/C=C1/C(=O)NC(=O)N(c2ccc(O)cc2)C1=O)Nc1ccc(F)cc1. The van der Waals surface area contributed by atoms with Crippen LogP contribution in [0.25, 0.3) is 6.08 Å². The van der Waals surface area contributed by atoms with Crippen LogP contribution in [0.5, 0.6) is 11.5 Å². The van der Waals surface area contributed by atoms with Gasteiger partial charge in [0.25, 0.3) is 17.7 Å². The molecule has 35 heavy (non-hydrogen) atoms. The van der Waals surface area contributed by atoms with E-state index in [1.54, 1.807) is 24.3 Å². The number of para-hydroxylation sites is 1. The molecule has 1 saturated heterocycles. The molecule has 3 N–H and O–H groups in total. The van der Waals surface area contributed by atoms with Crippen LogP contribution in [0.2, 0.25) is 0 Å². The maximum atomic E-state index is 13.0. The van der Waals surface area contributed by atoms with Crippen LogP contribution >= 0.6 is 0 Å². The predicted octanol–water partition coefficient (Wildman–Crippen LogP) is 3.22. The van der Waals surface area contributed by atoms with Crippen molar-refractivity contribution in [2.24, 2.45) is 0 Å². The number of halogens is 1. The summed E-state index contributed by atoms with van der Waals surface area (Å²) in [7, 11) is 0. The van der Waals surface area contributed by atoms with Crippen molar-refractivity contribution in [2.45, 2.75) is 0 Å². The first kappa shape index (κ1) is 23.2. The molecule has 0 aliphatic carbocycles. The Hall–Kier alpha value is -4.99. The number of barbiturate groups is 1. The lowest BCUT2D eigenvalue weighted by atomic mass is 10.1. The van der Waals surface area contributed by atoms with Crippen LogP contribution in [0.4, 0.5) is 20.6 Å². The smallest absolute Gasteiger partial charge is 0.335 e. The van der Waals surface area contributed by atoms with Crippen LogP contribution in [0.15, 0.2) is 78.4 Å². The van der Waals surface area contributed by atoms with Gasteiger partial charge in [0.15, 0.2) is 6.61 Å². The summed E-state index contributed by atoms with van der Waals surface area (Å²) in [5, 5.41) is 14.1. The Morgan fingerprint density at radius 2 is 1.69 bits per heavy atom. The van der Waals surface area contributed by atoms with Gasteiger partial charge in [-0.3, -0.25) is 19.7 Å². The number of hydrogen-bond donors (Lipinski definition) is 3. The van der Waals surface area contributed by atoms with Crippen molar-refractivity contribution in [3.63, 3.8) is 0 Å². The molecule has 3 aromatic rings. The Morgan fingerprint density at radius 1 is 1.00 bits per heavy atom. The second kappa shape index (κ2) is 9.87. The van der Waals surface area contributed by atoms with E-state index in [4.69, 9.17) is 4.74 Å². The van der Waals surface area contributed by atoms with E-state index in [1.165, 1.54) is 54.6 Å². The lowest BCUT2D eigenvalue weighted by molar-refractivity contribution is -0.122. The van der Waals surface area contributed by atoms with E-state index in [-0.39, 0.29) is 22.8 Å². The molecule has 1 fully saturated rings. The fourth-order valence-corrected chi connectivity index (χ4v) is 3.25. The summed E-state index contributed by atoms with van der Waals surface area (Å²) >= 11 is 0. The zero-order valence-corrected chi connectivity index (χ0v) is 18.0. The summed E-state index contributed by atoms with van der Waals surface area (Å²) in [5.41, 5.74) is 0.537. The van der Waals surface area contributed by atoms with Crippen molar-refractivity contribution < 1.29 is 33.4 Å². The van der Waals surface area contributed by atoms with E-state index in [1.807, 2.05) is 0 Å². The zero-order chi connectivity index (χ0) is 24.9. The van der Waals surface area contributed by atoms with Gasteiger partial charge in [0, 0.05) is 11.3 Å². The van der Waals surface area contributed by atoms with Gasteiger partial charge >= 0.3 is 6.03 Å². The number of rotatable bonds is 6. The maximum absolute atomic E-state index is 13.0. The van der Waals surface area contributed by atoms with Gasteiger partial charge in [-0.05, 0) is 60.7 Å². The van der Waals surface area contributed by atoms with Crippen molar-refractivity contribution in [1.82, 2.24) is 5.32 Å². The Morgan fingerprint density at radius 3 is 2.40 bits per heavy atom. The molecule has 0 atom stereocenters. The molecule has 0 radical (unpaired) electrons. The number of phenols is 1. The largest absolute Gasteiger partial charge is 0.508 e. The third kappa shape index (κ3) is 5.33. The minimum atomic E-state index is -0.926. The Labute approximate surface area is 198 Å². The zero-order valence-electron chi connectivity index (χ0n) is 18.0. The number of ether oxygens (including phenoxy) is 1. The number of imide groups is 2. The molecule has 1 heterocycles. The summed E-state index contributed by atoms with van der Waals surface area (Å²) in [6, 6.07) is 16.0. The number of nitrogens with one attached hydrogen (secondary N) is 2. The van der Waals surface area contributed by atoms with Gasteiger partial charge in [0.2, 0.25) is 0 Å². The highest BCUT2D eigenvalue weighted by Crippen LogP contribution is 2.26. The molecule has 10 heteroatoms. The summed E-state index contributed by atoms with van der Waals surface area (Å²) in [5.74, 6) is -2.54. The van der Waals surface area contributed by atoms with Crippen molar-refractivity contribution in [3.05, 3.63) is 89.8 Å². The van der Waals surface area contributed by atoms with Gasteiger partial charge < -0.3 is 15.2 Å². The molecule has 1 aliphatic rings. The summed E-state index contributed by atoms with van der Waals surface area (Å²) in [6.07, 6.45) is 1.25. The minimum Gasteiger partial charge on any atom is -0.508 e. The third-order valence-electron chi connectivity index (χ3n) is 4.92. The summed E-state index contributed by atoms with van der Waals surface area (Å²) in [4.78, 5) is 50.7. The van der Waals surface area contributed by atoms with Gasteiger partial charge in [0.05, 0.1) is 5.69 Å². The van der Waals surface area contributed by atoms with Crippen molar-refractivity contribution in [1.29, 1.82) is 0 Å². The first-order chi connectivity index (χ1) is 16.8. The number of hydrogen-bond acceptors (Lipinski definition) is 6. The number of phenolic OH excluding ortho intramolecular Hbond substituents is 1. The molecule has 5 amide bonds. The molecule has 3 aromatic carbocycles. The molecule has 0 aromatic heterocycles. The average Bonchev–Trinajstić information content (AvgIpc) is 2.83. The first-order valence-corrected chi connectivity index (χ1v) is 10.3. The monoisotopic (exact) mass is 475 g/mol. The number of amides is 5. The summed E-state index contributed by atoms with van der Waals surface area (Å²) in [6.45, 7) is -0.393. The number of anilines is 2. The second-order valence-electron chi connectivity index (χ2n) is 7.36. The normalized spacial score (nSPS) is 14.6. The van der Waals surface area contributed by atoms with Gasteiger partial charge in [-0.15, -0.1) is 0 Å². The standard InChI is InChI=1S/C25H18FN3O6/c26-16-5-7-17(8-6-16)27-22(31)14-35-21-4-2-1-3-15(21)13-20-23(32)28-25(34)29(24(20)33)18-9-11-19(30)12-10-18/h1-13,30H,14H2,(H,27,31)(H,28,32,34)/b20-13-. The van der Waals surface area contributed by atoms with Gasteiger partial charge in [-0.1, -0.05) is 18.2 Å². The van der Waals surface area contributed by atoms with Crippen LogP contribution < -0.4 is 20.3 Å². The first-order valence-electron chi connectivity index (χ1n) is 10.3. The molecule has 0 spiro atoms. The quantitative estimate of drug-likeness (QED) is 0.371. The fraction of sp³-hybridized carbons (Fsp3) is 0.0400. The van der Waals surface area contributed by atoms with E-state index in [0.29, 0.717) is 11.3 Å². The molecule has 4 rings (SSSR count). The molecular weight excluding hydrogens is 457 g/mol. The third-order valence-corrected chi connectivity index (χ3v) is 4.92. The highest BCUT2D eigenvalue weighted by molar-refractivity contribution is 6.39. The second-order valence-corrected chi connectivity index (χ2v) is 7.36. The highest BCUT2D eigenvalue weighted by Gasteiger charge is 2.37. The Balaban J connectivity index is 1.53. The molecular formula is C25H18FN3O6. The van der Waals surface area contributed by atoms with E-state index in [9.17, 15) is 28.7 Å². The van der Waals surface area contributed by atoms with Crippen LogP contribution in [0, 0.1) is 5.82 Å². The fourth-order valence-electron chi connectivity index (χ4n) is 3.25. The summed E-state index contributed by atoms with van der Waals surface area (Å²) < 4.78 is 18.6. The van der Waals surface area contributed by atoms with E-state index in [0.717, 1.165) is 4.90 Å². The number of carbonyl (C=O) groups is 4.